The van der Waals surface area contributed by atoms with Crippen LogP contribution in [0.25, 0.3) is 55.1 Å². The summed E-state index contributed by atoms with van der Waals surface area (Å²) in [6.45, 7) is 7.16. The van der Waals surface area contributed by atoms with Crippen LogP contribution in [-0.4, -0.2) is 13.1 Å². The van der Waals surface area contributed by atoms with Crippen LogP contribution in [0.2, 0.25) is 19.6 Å². The van der Waals surface area contributed by atoms with Crippen LogP contribution in [0.1, 0.15) is 0 Å². The van der Waals surface area contributed by atoms with E-state index in [0.29, 0.717) is 0 Å². The van der Waals surface area contributed by atoms with Gasteiger partial charge < -0.3 is 0 Å². The first kappa shape index (κ1) is 22.5. The summed E-state index contributed by atoms with van der Waals surface area (Å²) in [4.78, 5) is 4.82. The lowest BCUT2D eigenvalue weighted by Gasteiger charge is -2.16. The van der Waals surface area contributed by atoms with Crippen molar-refractivity contribution in [1.82, 2.24) is 4.98 Å². The zero-order valence-electron chi connectivity index (χ0n) is 21.0. The van der Waals surface area contributed by atoms with E-state index in [-0.39, 0.29) is 0 Å². The second-order valence-corrected chi connectivity index (χ2v) is 15.7. The van der Waals surface area contributed by atoms with Gasteiger partial charge in [-0.25, -0.2) is 0 Å². The third-order valence-electron chi connectivity index (χ3n) is 7.07. The van der Waals surface area contributed by atoms with E-state index in [0.717, 1.165) is 16.5 Å². The van der Waals surface area contributed by atoms with Gasteiger partial charge in [0.15, 0.2) is 0 Å². The fraction of sp³-hybridized carbons (Fsp3) is 0.0882. The third-order valence-corrected chi connectivity index (χ3v) is 9.13. The maximum absolute atomic E-state index is 4.82. The minimum Gasteiger partial charge on any atom is -0.256 e. The molecule has 2 heteroatoms. The summed E-state index contributed by atoms with van der Waals surface area (Å²) in [7, 11) is -1.29. The van der Waals surface area contributed by atoms with Gasteiger partial charge in [-0.05, 0) is 56.8 Å². The van der Waals surface area contributed by atoms with Gasteiger partial charge in [0.25, 0.3) is 0 Å². The molecule has 0 spiro atoms. The normalized spacial score (nSPS) is 11.8. The maximum atomic E-state index is 4.82. The summed E-state index contributed by atoms with van der Waals surface area (Å²) in [6.07, 6.45) is 1.99. The van der Waals surface area contributed by atoms with Gasteiger partial charge in [0, 0.05) is 17.1 Å². The van der Waals surface area contributed by atoms with E-state index in [2.05, 4.69) is 135 Å². The van der Waals surface area contributed by atoms with E-state index < -0.39 is 8.07 Å². The Labute approximate surface area is 214 Å². The van der Waals surface area contributed by atoms with E-state index in [9.17, 15) is 0 Å². The largest absolute Gasteiger partial charge is 0.256 e. The van der Waals surface area contributed by atoms with E-state index >= 15 is 0 Å². The molecule has 0 saturated carbocycles. The van der Waals surface area contributed by atoms with E-state index in [1.54, 1.807) is 0 Å². The van der Waals surface area contributed by atoms with Crippen molar-refractivity contribution in [3.05, 3.63) is 121 Å². The van der Waals surface area contributed by atoms with Crippen LogP contribution >= 0.6 is 0 Å². The SMILES string of the molecule is C[Si](C)(C)c1ccc(-c2ccc3cc(-c4ccc(-c5ccc6ccccc6c5)cc4)cnc3c2)cc1. The Morgan fingerprint density at radius 2 is 0.944 bits per heavy atom. The Bertz CT molecular complexity index is 1690. The lowest BCUT2D eigenvalue weighted by Crippen LogP contribution is -2.37. The van der Waals surface area contributed by atoms with Crippen molar-refractivity contribution in [2.75, 3.05) is 0 Å². The summed E-state index contributed by atoms with van der Waals surface area (Å²) in [6, 6.07) is 41.9. The number of pyridine rings is 1. The van der Waals surface area contributed by atoms with E-state index in [1.165, 1.54) is 43.8 Å². The van der Waals surface area contributed by atoms with Crippen molar-refractivity contribution in [2.45, 2.75) is 19.6 Å². The quantitative estimate of drug-likeness (QED) is 0.230. The molecule has 5 aromatic carbocycles. The fourth-order valence-electron chi connectivity index (χ4n) is 4.85. The molecule has 0 unspecified atom stereocenters. The van der Waals surface area contributed by atoms with Crippen LogP contribution < -0.4 is 5.19 Å². The molecule has 0 saturated heterocycles. The van der Waals surface area contributed by atoms with E-state index in [1.807, 2.05) is 6.20 Å². The Morgan fingerprint density at radius 1 is 0.444 bits per heavy atom. The van der Waals surface area contributed by atoms with Gasteiger partial charge in [-0.1, -0.05) is 122 Å². The summed E-state index contributed by atoms with van der Waals surface area (Å²) >= 11 is 0. The van der Waals surface area contributed by atoms with Crippen LogP contribution in [0.5, 0.6) is 0 Å². The summed E-state index contributed by atoms with van der Waals surface area (Å²) in [5, 5.41) is 5.19. The van der Waals surface area contributed by atoms with Crippen molar-refractivity contribution in [3.8, 4) is 33.4 Å². The minimum atomic E-state index is -1.29. The number of hydrogen-bond acceptors (Lipinski definition) is 1. The highest BCUT2D eigenvalue weighted by Gasteiger charge is 2.15. The zero-order valence-corrected chi connectivity index (χ0v) is 22.0. The molecule has 0 aliphatic heterocycles. The molecular weight excluding hydrogens is 450 g/mol. The lowest BCUT2D eigenvalue weighted by molar-refractivity contribution is 1.41. The van der Waals surface area contributed by atoms with Crippen molar-refractivity contribution < 1.29 is 0 Å². The monoisotopic (exact) mass is 479 g/mol. The Hall–Kier alpha value is -4.01. The predicted octanol–water partition coefficient (Wildman–Crippen LogP) is 8.93. The Morgan fingerprint density at radius 3 is 1.61 bits per heavy atom. The highest BCUT2D eigenvalue weighted by atomic mass is 28.3. The molecule has 0 amide bonds. The lowest BCUT2D eigenvalue weighted by atomic mass is 9.98. The van der Waals surface area contributed by atoms with Crippen molar-refractivity contribution in [2.24, 2.45) is 0 Å². The summed E-state index contributed by atoms with van der Waals surface area (Å²) in [5.41, 5.74) is 8.27. The van der Waals surface area contributed by atoms with Gasteiger partial charge in [0.1, 0.15) is 0 Å². The number of benzene rings is 5. The molecule has 1 aromatic heterocycles. The van der Waals surface area contributed by atoms with Crippen LogP contribution in [0.4, 0.5) is 0 Å². The first-order valence-corrected chi connectivity index (χ1v) is 16.0. The number of rotatable bonds is 4. The molecule has 0 N–H and O–H groups in total. The topological polar surface area (TPSA) is 12.9 Å². The number of fused-ring (bicyclic) bond motifs is 2. The summed E-state index contributed by atoms with van der Waals surface area (Å²) in [5.74, 6) is 0. The van der Waals surface area contributed by atoms with Crippen LogP contribution in [0.3, 0.4) is 0 Å². The molecule has 0 aliphatic rings. The first-order chi connectivity index (χ1) is 17.4. The number of nitrogens with zero attached hydrogens (tertiary/aromatic N) is 1. The van der Waals surface area contributed by atoms with Crippen LogP contribution in [0, 0.1) is 0 Å². The third kappa shape index (κ3) is 4.36. The minimum absolute atomic E-state index is 1.03. The van der Waals surface area contributed by atoms with Crippen LogP contribution in [0.15, 0.2) is 121 Å². The highest BCUT2D eigenvalue weighted by molar-refractivity contribution is 6.88. The molecule has 36 heavy (non-hydrogen) atoms. The standard InChI is InChI=1S/C34H29NSi/c1-36(2,3)33-18-16-26(17-19-33)30-14-15-31-21-32(23-35-34(31)22-30)27-10-8-25(9-11-27)29-13-12-24-6-4-5-7-28(24)20-29/h4-23H,1-3H3. The number of aromatic nitrogens is 1. The van der Waals surface area contributed by atoms with Gasteiger partial charge in [0.05, 0.1) is 13.6 Å². The highest BCUT2D eigenvalue weighted by Crippen LogP contribution is 2.30. The second-order valence-electron chi connectivity index (χ2n) is 10.6. The van der Waals surface area contributed by atoms with Gasteiger partial charge in [-0.3, -0.25) is 4.98 Å². The molecular formula is C34H29NSi. The Kier molecular flexibility index (Phi) is 5.54. The van der Waals surface area contributed by atoms with Crippen molar-refractivity contribution in [3.63, 3.8) is 0 Å². The molecule has 0 radical (unpaired) electrons. The maximum Gasteiger partial charge on any atom is 0.0775 e. The Balaban J connectivity index is 1.27. The zero-order chi connectivity index (χ0) is 24.7. The molecule has 0 bridgehead atoms. The smallest absolute Gasteiger partial charge is 0.0775 e. The molecule has 6 rings (SSSR count). The first-order valence-electron chi connectivity index (χ1n) is 12.5. The van der Waals surface area contributed by atoms with Gasteiger partial charge in [-0.2, -0.15) is 0 Å². The predicted molar refractivity (Wildman–Crippen MR) is 159 cm³/mol. The molecule has 1 nitrogen and oxygen atoms in total. The average Bonchev–Trinajstić information content (AvgIpc) is 2.92. The molecule has 6 aromatic rings. The van der Waals surface area contributed by atoms with Gasteiger partial charge in [0.2, 0.25) is 0 Å². The van der Waals surface area contributed by atoms with Crippen LogP contribution in [-0.2, 0) is 0 Å². The molecule has 174 valence electrons. The van der Waals surface area contributed by atoms with Gasteiger partial charge in [-0.15, -0.1) is 0 Å². The fourth-order valence-corrected chi connectivity index (χ4v) is 6.01. The second kappa shape index (κ2) is 8.89. The average molecular weight is 480 g/mol. The van der Waals surface area contributed by atoms with Crippen molar-refractivity contribution >= 4 is 34.9 Å². The van der Waals surface area contributed by atoms with Gasteiger partial charge >= 0.3 is 0 Å². The molecule has 0 aliphatic carbocycles. The number of hydrogen-bond donors (Lipinski definition) is 0. The van der Waals surface area contributed by atoms with E-state index in [4.69, 9.17) is 4.98 Å². The molecule has 1 heterocycles. The molecule has 0 atom stereocenters. The summed E-state index contributed by atoms with van der Waals surface area (Å²) < 4.78 is 0. The van der Waals surface area contributed by atoms with Crippen molar-refractivity contribution in [1.29, 1.82) is 0 Å². The molecule has 0 fully saturated rings.